The fraction of sp³-hybridized carbons (Fsp3) is 0.346. The third kappa shape index (κ3) is 4.83. The molecule has 2 aromatic carbocycles. The summed E-state index contributed by atoms with van der Waals surface area (Å²) in [5.74, 6) is 1.62. The topological polar surface area (TPSA) is 65.2 Å². The Bertz CT molecular complexity index is 1260. The smallest absolute Gasteiger partial charge is 0.296 e. The molecule has 170 valence electrons. The molecule has 0 amide bonds. The van der Waals surface area contributed by atoms with Gasteiger partial charge in [-0.15, -0.1) is 0 Å². The molecule has 1 aliphatic rings. The molecule has 7 heteroatoms. The fourth-order valence-corrected chi connectivity index (χ4v) is 4.54. The Labute approximate surface area is 193 Å². The van der Waals surface area contributed by atoms with Gasteiger partial charge in [-0.05, 0) is 61.4 Å². The lowest BCUT2D eigenvalue weighted by atomic mass is 9.91. The molecule has 0 radical (unpaired) electrons. The summed E-state index contributed by atoms with van der Waals surface area (Å²) >= 11 is 0. The molecule has 33 heavy (non-hydrogen) atoms. The third-order valence-electron chi connectivity index (χ3n) is 6.58. The normalized spacial score (nSPS) is 15.2. The van der Waals surface area contributed by atoms with Crippen molar-refractivity contribution in [2.24, 2.45) is 5.92 Å². The molecule has 0 spiro atoms. The molecule has 7 nitrogen and oxygen atoms in total. The van der Waals surface area contributed by atoms with Gasteiger partial charge in [0.25, 0.3) is 5.56 Å². The summed E-state index contributed by atoms with van der Waals surface area (Å²) in [7, 11) is 1.70. The second-order valence-electron chi connectivity index (χ2n) is 8.75. The highest BCUT2D eigenvalue weighted by molar-refractivity contribution is 5.76. The van der Waals surface area contributed by atoms with Crippen LogP contribution in [0.5, 0.6) is 5.75 Å². The van der Waals surface area contributed by atoms with Crippen LogP contribution in [0.25, 0.3) is 16.6 Å². The van der Waals surface area contributed by atoms with Crippen molar-refractivity contribution >= 4 is 10.9 Å². The van der Waals surface area contributed by atoms with Gasteiger partial charge in [-0.25, -0.2) is 9.36 Å². The minimum atomic E-state index is -0.135. The number of benzene rings is 2. The van der Waals surface area contributed by atoms with Crippen molar-refractivity contribution in [1.29, 1.82) is 0 Å². The van der Waals surface area contributed by atoms with Crippen LogP contribution in [0.15, 0.2) is 71.8 Å². The van der Waals surface area contributed by atoms with E-state index in [1.165, 1.54) is 12.0 Å². The molecule has 3 heterocycles. The maximum atomic E-state index is 13.0. The van der Waals surface area contributed by atoms with E-state index in [0.29, 0.717) is 12.2 Å². The van der Waals surface area contributed by atoms with Crippen LogP contribution >= 0.6 is 0 Å². The maximum Gasteiger partial charge on any atom is 0.296 e. The molecule has 5 rings (SSSR count). The molecular formula is C26H29N5O2. The molecule has 2 aromatic heterocycles. The highest BCUT2D eigenvalue weighted by atomic mass is 16.5. The number of rotatable bonds is 7. The number of hydrogen-bond acceptors (Lipinski definition) is 5. The molecule has 1 saturated heterocycles. The Kier molecular flexibility index (Phi) is 6.21. The quantitative estimate of drug-likeness (QED) is 0.434. The maximum absolute atomic E-state index is 13.0. The van der Waals surface area contributed by atoms with Crippen LogP contribution in [0, 0.1) is 5.92 Å². The average molecular weight is 444 g/mol. The van der Waals surface area contributed by atoms with Crippen LogP contribution in [-0.4, -0.2) is 44.7 Å². The number of fused-ring (bicyclic) bond motifs is 1. The molecule has 1 aliphatic heterocycles. The van der Waals surface area contributed by atoms with E-state index in [9.17, 15) is 4.79 Å². The average Bonchev–Trinajstić information content (AvgIpc) is 3.31. The van der Waals surface area contributed by atoms with Crippen LogP contribution in [0.1, 0.15) is 24.8 Å². The highest BCUT2D eigenvalue weighted by Gasteiger charge is 2.20. The molecule has 4 aromatic rings. The lowest BCUT2D eigenvalue weighted by Crippen LogP contribution is -2.39. The second kappa shape index (κ2) is 9.58. The second-order valence-corrected chi connectivity index (χ2v) is 8.75. The van der Waals surface area contributed by atoms with E-state index < -0.39 is 0 Å². The largest absolute Gasteiger partial charge is 0.497 e. The van der Waals surface area contributed by atoms with Gasteiger partial charge in [-0.1, -0.05) is 30.3 Å². The Hall–Kier alpha value is -3.45. The zero-order valence-corrected chi connectivity index (χ0v) is 18.9. The lowest BCUT2D eigenvalue weighted by Gasteiger charge is -2.31. The lowest BCUT2D eigenvalue weighted by molar-refractivity contribution is 0.135. The van der Waals surface area contributed by atoms with Gasteiger partial charge in [0.1, 0.15) is 5.75 Å². The summed E-state index contributed by atoms with van der Waals surface area (Å²) in [5.41, 5.74) is 2.61. The van der Waals surface area contributed by atoms with Crippen molar-refractivity contribution < 1.29 is 4.74 Å². The molecular weight excluding hydrogens is 414 g/mol. The van der Waals surface area contributed by atoms with Crippen molar-refractivity contribution in [3.05, 3.63) is 82.9 Å². The summed E-state index contributed by atoms with van der Waals surface area (Å²) in [5, 5.41) is 9.71. The zero-order valence-electron chi connectivity index (χ0n) is 18.9. The van der Waals surface area contributed by atoms with E-state index in [4.69, 9.17) is 4.74 Å². The standard InChI is InChI=1S/C26H29N5O2/c1-33-24-11-9-20(10-12-24)7-8-21-13-15-29(16-14-21)19-31-26(32)25-22(17-27-31)18-30(28-25)23-5-3-2-4-6-23/h2-6,9-12,17-18,21H,7-8,13-16,19H2,1H3. The van der Waals surface area contributed by atoms with E-state index in [1.54, 1.807) is 22.7 Å². The van der Waals surface area contributed by atoms with E-state index in [2.05, 4.69) is 27.2 Å². The fourth-order valence-electron chi connectivity index (χ4n) is 4.54. The number of likely N-dealkylation sites (tertiary alicyclic amines) is 1. The van der Waals surface area contributed by atoms with Crippen LogP contribution < -0.4 is 10.3 Å². The molecule has 1 fully saturated rings. The highest BCUT2D eigenvalue weighted by Crippen LogP contribution is 2.23. The number of nitrogens with zero attached hydrogens (tertiary/aromatic N) is 5. The van der Waals surface area contributed by atoms with Crippen molar-refractivity contribution in [3.63, 3.8) is 0 Å². The number of methoxy groups -OCH3 is 1. The molecule has 0 N–H and O–H groups in total. The van der Waals surface area contributed by atoms with Gasteiger partial charge >= 0.3 is 0 Å². The number of ether oxygens (including phenoxy) is 1. The number of aryl methyl sites for hydroxylation is 1. The molecule has 0 aliphatic carbocycles. The Morgan fingerprint density at radius 3 is 2.52 bits per heavy atom. The Morgan fingerprint density at radius 1 is 1.03 bits per heavy atom. The van der Waals surface area contributed by atoms with Gasteiger partial charge in [-0.2, -0.15) is 10.2 Å². The summed E-state index contributed by atoms with van der Waals surface area (Å²) in [6, 6.07) is 18.2. The van der Waals surface area contributed by atoms with Gasteiger partial charge in [0.2, 0.25) is 0 Å². The molecule has 0 saturated carbocycles. The van der Waals surface area contributed by atoms with Gasteiger partial charge < -0.3 is 4.74 Å². The first kappa shape index (κ1) is 21.4. The van der Waals surface area contributed by atoms with E-state index in [0.717, 1.165) is 55.1 Å². The van der Waals surface area contributed by atoms with Crippen LogP contribution in [-0.2, 0) is 13.1 Å². The number of aromatic nitrogens is 4. The van der Waals surface area contributed by atoms with Crippen LogP contribution in [0.4, 0.5) is 0 Å². The molecule has 0 atom stereocenters. The first-order valence-electron chi connectivity index (χ1n) is 11.6. The van der Waals surface area contributed by atoms with Gasteiger partial charge in [-0.3, -0.25) is 9.69 Å². The van der Waals surface area contributed by atoms with Gasteiger partial charge in [0.15, 0.2) is 5.52 Å². The van der Waals surface area contributed by atoms with E-state index in [1.807, 2.05) is 48.7 Å². The monoisotopic (exact) mass is 443 g/mol. The first-order valence-corrected chi connectivity index (χ1v) is 11.6. The van der Waals surface area contributed by atoms with Crippen molar-refractivity contribution in [1.82, 2.24) is 24.5 Å². The van der Waals surface area contributed by atoms with Gasteiger partial charge in [0, 0.05) is 24.7 Å². The summed E-state index contributed by atoms with van der Waals surface area (Å²) in [6.07, 6.45) is 8.19. The Morgan fingerprint density at radius 2 is 1.79 bits per heavy atom. The SMILES string of the molecule is COc1ccc(CCC2CCN(Cn3ncc4cn(-c5ccccc5)nc4c3=O)CC2)cc1. The van der Waals surface area contributed by atoms with Gasteiger partial charge in [0.05, 0.1) is 25.7 Å². The molecule has 0 unspecified atom stereocenters. The Balaban J connectivity index is 1.18. The number of hydrogen-bond donors (Lipinski definition) is 0. The van der Waals surface area contributed by atoms with E-state index >= 15 is 0 Å². The number of piperidine rings is 1. The predicted octanol–water partition coefficient (Wildman–Crippen LogP) is 3.89. The minimum Gasteiger partial charge on any atom is -0.497 e. The summed E-state index contributed by atoms with van der Waals surface area (Å²) in [6.45, 7) is 2.48. The van der Waals surface area contributed by atoms with E-state index in [-0.39, 0.29) is 5.56 Å². The summed E-state index contributed by atoms with van der Waals surface area (Å²) < 4.78 is 8.52. The minimum absolute atomic E-state index is 0.135. The van der Waals surface area contributed by atoms with Crippen molar-refractivity contribution in [2.45, 2.75) is 32.4 Å². The van der Waals surface area contributed by atoms with Crippen LogP contribution in [0.2, 0.25) is 0 Å². The first-order chi connectivity index (χ1) is 16.2. The summed E-state index contributed by atoms with van der Waals surface area (Å²) in [4.78, 5) is 15.3. The third-order valence-corrected chi connectivity index (χ3v) is 6.58. The zero-order chi connectivity index (χ0) is 22.6. The van der Waals surface area contributed by atoms with Crippen molar-refractivity contribution in [3.8, 4) is 11.4 Å². The van der Waals surface area contributed by atoms with Crippen molar-refractivity contribution in [2.75, 3.05) is 20.2 Å². The molecule has 0 bridgehead atoms. The van der Waals surface area contributed by atoms with Crippen LogP contribution in [0.3, 0.4) is 0 Å². The predicted molar refractivity (Wildman–Crippen MR) is 129 cm³/mol. The number of para-hydroxylation sites is 1.